The van der Waals surface area contributed by atoms with Crippen LogP contribution in [0.5, 0.6) is 0 Å². The van der Waals surface area contributed by atoms with Gasteiger partial charge in [-0.3, -0.25) is 0 Å². The largest absolute Gasteiger partial charge is 0.225 e. The molecule has 0 N–H and O–H groups in total. The molecule has 0 saturated carbocycles. The second-order valence-corrected chi connectivity index (χ2v) is 9.97. The maximum atomic E-state index is 2.46. The van der Waals surface area contributed by atoms with Crippen molar-refractivity contribution in [2.45, 2.75) is 118 Å². The molecule has 2 aromatic heterocycles. The minimum atomic E-state index is 1.18. The molecular formula is C24H42N2S2+2. The first kappa shape index (κ1) is 23.5. The molecular weight excluding hydrogens is 380 g/mol. The van der Waals surface area contributed by atoms with Crippen molar-refractivity contribution in [3.8, 4) is 0 Å². The molecule has 0 unspecified atom stereocenters. The zero-order chi connectivity index (χ0) is 20.2. The van der Waals surface area contributed by atoms with E-state index < -0.39 is 0 Å². The Morgan fingerprint density at radius 1 is 0.571 bits per heavy atom. The second-order valence-electron chi connectivity index (χ2n) is 8.09. The Bertz CT molecular complexity index is 614. The van der Waals surface area contributed by atoms with E-state index in [-0.39, 0.29) is 0 Å². The fourth-order valence-corrected chi connectivity index (χ4v) is 5.95. The van der Waals surface area contributed by atoms with E-state index >= 15 is 0 Å². The van der Waals surface area contributed by atoms with Gasteiger partial charge in [-0.15, -0.1) is 0 Å². The predicted molar refractivity (Wildman–Crippen MR) is 123 cm³/mol. The van der Waals surface area contributed by atoms with E-state index in [1.165, 1.54) is 102 Å². The third-order valence-corrected chi connectivity index (χ3v) is 8.46. The van der Waals surface area contributed by atoms with E-state index in [0.717, 1.165) is 0 Å². The van der Waals surface area contributed by atoms with Crippen LogP contribution in [0.1, 0.15) is 99.2 Å². The summed E-state index contributed by atoms with van der Waals surface area (Å²) in [4.78, 5) is 3.10. The Morgan fingerprint density at radius 2 is 0.893 bits per heavy atom. The SMILES string of the molecule is CCc1sc[n+](CCCCCCCCCCCC[n+]2csc(CC)c2C)c1C. The summed E-state index contributed by atoms with van der Waals surface area (Å²) in [6.07, 6.45) is 16.4. The zero-order valence-corrected chi connectivity index (χ0v) is 20.4. The van der Waals surface area contributed by atoms with Crippen molar-refractivity contribution in [2.24, 2.45) is 0 Å². The van der Waals surface area contributed by atoms with Gasteiger partial charge in [0.15, 0.2) is 11.4 Å². The third kappa shape index (κ3) is 7.59. The highest BCUT2D eigenvalue weighted by atomic mass is 32.1. The van der Waals surface area contributed by atoms with Crippen LogP contribution in [-0.4, -0.2) is 0 Å². The average molecular weight is 423 g/mol. The molecule has 4 heteroatoms. The Morgan fingerprint density at radius 3 is 1.18 bits per heavy atom. The minimum Gasteiger partial charge on any atom is -0.193 e. The number of hydrogen-bond donors (Lipinski definition) is 0. The zero-order valence-electron chi connectivity index (χ0n) is 18.8. The first-order valence-corrected chi connectivity index (χ1v) is 13.4. The third-order valence-electron chi connectivity index (χ3n) is 6.00. The van der Waals surface area contributed by atoms with Crippen molar-refractivity contribution in [2.75, 3.05) is 0 Å². The van der Waals surface area contributed by atoms with Crippen LogP contribution < -0.4 is 9.13 Å². The predicted octanol–water partition coefficient (Wildman–Crippen LogP) is 6.73. The minimum absolute atomic E-state index is 1.18. The molecule has 2 heterocycles. The standard InChI is InChI=1S/C24H42N2S2/c1-5-23-21(3)25(19-27-23)17-15-13-11-9-7-8-10-12-14-16-18-26-20-28-24(6-2)22(26)4/h19-20H,5-18H2,1-4H3/q+2. The highest BCUT2D eigenvalue weighted by Crippen LogP contribution is 2.14. The van der Waals surface area contributed by atoms with Gasteiger partial charge in [0.25, 0.3) is 0 Å². The van der Waals surface area contributed by atoms with Crippen LogP contribution in [0.3, 0.4) is 0 Å². The maximum absolute atomic E-state index is 2.46. The molecule has 0 fully saturated rings. The van der Waals surface area contributed by atoms with Crippen LogP contribution in [-0.2, 0) is 25.9 Å². The molecule has 0 aliphatic rings. The smallest absolute Gasteiger partial charge is 0.193 e. The van der Waals surface area contributed by atoms with Gasteiger partial charge in [-0.25, -0.2) is 0 Å². The monoisotopic (exact) mass is 422 g/mol. The van der Waals surface area contributed by atoms with Crippen LogP contribution in [0.25, 0.3) is 0 Å². The van der Waals surface area contributed by atoms with Gasteiger partial charge in [0, 0.05) is 26.7 Å². The van der Waals surface area contributed by atoms with Gasteiger partial charge in [-0.2, -0.15) is 9.13 Å². The molecule has 0 amide bonds. The highest BCUT2D eigenvalue weighted by molar-refractivity contribution is 7.09. The lowest BCUT2D eigenvalue weighted by Crippen LogP contribution is -2.34. The Balaban J connectivity index is 1.39. The molecule has 28 heavy (non-hydrogen) atoms. The molecule has 0 aromatic carbocycles. The van der Waals surface area contributed by atoms with E-state index in [0.29, 0.717) is 0 Å². The number of unbranched alkanes of at least 4 members (excludes halogenated alkanes) is 9. The van der Waals surface area contributed by atoms with Gasteiger partial charge in [0.05, 0.1) is 9.75 Å². The molecule has 0 atom stereocenters. The molecule has 0 aliphatic carbocycles. The topological polar surface area (TPSA) is 7.76 Å². The van der Waals surface area contributed by atoms with Crippen LogP contribution in [0.4, 0.5) is 0 Å². The first-order chi connectivity index (χ1) is 13.7. The summed E-state index contributed by atoms with van der Waals surface area (Å²) in [7, 11) is 0. The van der Waals surface area contributed by atoms with Gasteiger partial charge >= 0.3 is 0 Å². The van der Waals surface area contributed by atoms with E-state index in [2.05, 4.69) is 47.9 Å². The van der Waals surface area contributed by atoms with Crippen LogP contribution in [0, 0.1) is 13.8 Å². The van der Waals surface area contributed by atoms with Crippen molar-refractivity contribution < 1.29 is 9.13 Å². The van der Waals surface area contributed by atoms with E-state index in [4.69, 9.17) is 0 Å². The molecule has 0 saturated heterocycles. The quantitative estimate of drug-likeness (QED) is 0.222. The molecule has 2 aromatic rings. The van der Waals surface area contributed by atoms with Gasteiger partial charge in [0.2, 0.25) is 11.0 Å². The summed E-state index contributed by atoms with van der Waals surface area (Å²) in [5.41, 5.74) is 7.61. The van der Waals surface area contributed by atoms with E-state index in [9.17, 15) is 0 Å². The summed E-state index contributed by atoms with van der Waals surface area (Å²) in [6.45, 7) is 11.5. The van der Waals surface area contributed by atoms with Crippen molar-refractivity contribution >= 4 is 22.7 Å². The van der Waals surface area contributed by atoms with Gasteiger partial charge in [-0.1, -0.05) is 75.0 Å². The van der Waals surface area contributed by atoms with Gasteiger partial charge in [-0.05, 0) is 25.7 Å². The van der Waals surface area contributed by atoms with Crippen LogP contribution in [0.2, 0.25) is 0 Å². The lowest BCUT2D eigenvalue weighted by Gasteiger charge is -2.02. The lowest BCUT2D eigenvalue weighted by atomic mass is 10.1. The number of rotatable bonds is 15. The normalized spacial score (nSPS) is 11.4. The fourth-order valence-electron chi connectivity index (χ4n) is 4.00. The first-order valence-electron chi connectivity index (χ1n) is 11.6. The number of aryl methyl sites for hydroxylation is 4. The van der Waals surface area contributed by atoms with Crippen molar-refractivity contribution in [1.82, 2.24) is 0 Å². The van der Waals surface area contributed by atoms with Crippen LogP contribution in [0.15, 0.2) is 11.0 Å². The Labute approximate surface area is 181 Å². The number of thiazole rings is 2. The maximum Gasteiger partial charge on any atom is 0.225 e. The lowest BCUT2D eigenvalue weighted by molar-refractivity contribution is -0.698. The summed E-state index contributed by atoms with van der Waals surface area (Å²) in [6, 6.07) is 0. The van der Waals surface area contributed by atoms with Crippen LogP contribution >= 0.6 is 22.7 Å². The summed E-state index contributed by atoms with van der Waals surface area (Å²) in [5.74, 6) is 0. The molecule has 0 aliphatic heterocycles. The van der Waals surface area contributed by atoms with E-state index in [1.807, 2.05) is 22.7 Å². The average Bonchev–Trinajstić information content (AvgIpc) is 3.24. The molecule has 158 valence electrons. The summed E-state index contributed by atoms with van der Waals surface area (Å²) in [5, 5.41) is 0. The van der Waals surface area contributed by atoms with Crippen molar-refractivity contribution in [3.63, 3.8) is 0 Å². The Hall–Kier alpha value is -0.740. The molecule has 2 nitrogen and oxygen atoms in total. The summed E-state index contributed by atoms with van der Waals surface area (Å²) < 4.78 is 4.92. The number of nitrogens with zero attached hydrogens (tertiary/aromatic N) is 2. The molecule has 2 rings (SSSR count). The molecule has 0 radical (unpaired) electrons. The highest BCUT2D eigenvalue weighted by Gasteiger charge is 2.13. The number of aromatic nitrogens is 2. The number of hydrogen-bond acceptors (Lipinski definition) is 2. The second kappa shape index (κ2) is 13.5. The van der Waals surface area contributed by atoms with Crippen molar-refractivity contribution in [3.05, 3.63) is 32.2 Å². The van der Waals surface area contributed by atoms with Gasteiger partial charge < -0.3 is 0 Å². The summed E-state index contributed by atoms with van der Waals surface area (Å²) >= 11 is 3.85. The van der Waals surface area contributed by atoms with E-state index in [1.54, 1.807) is 9.75 Å². The molecule has 0 spiro atoms. The fraction of sp³-hybridized carbons (Fsp3) is 0.750. The van der Waals surface area contributed by atoms with Gasteiger partial charge in [0.1, 0.15) is 13.1 Å². The molecule has 0 bridgehead atoms. The Kier molecular flexibility index (Phi) is 11.3. The van der Waals surface area contributed by atoms with Crippen molar-refractivity contribution in [1.29, 1.82) is 0 Å².